The molecule has 1 rings (SSSR count). The van der Waals surface area contributed by atoms with Crippen molar-refractivity contribution in [3.8, 4) is 0 Å². The Bertz CT molecular complexity index is 466. The highest BCUT2D eigenvalue weighted by Crippen LogP contribution is 2.23. The molecule has 6 heteroatoms. The second-order valence-electron chi connectivity index (χ2n) is 5.25. The van der Waals surface area contributed by atoms with Gasteiger partial charge in [0.2, 0.25) is 5.91 Å². The van der Waals surface area contributed by atoms with Crippen molar-refractivity contribution in [1.82, 2.24) is 5.32 Å². The summed E-state index contributed by atoms with van der Waals surface area (Å²) in [5.41, 5.74) is 0.0758. The standard InChI is InChI=1S/C13H19N3O3/c1-13(2,3)14-9-8-12(17)15-10-6-4-5-7-11(10)16(18)19/h4-7,14H,8-9H2,1-3H3,(H,15,17). The molecule has 0 aliphatic rings. The van der Waals surface area contributed by atoms with Crippen LogP contribution in [-0.4, -0.2) is 22.9 Å². The van der Waals surface area contributed by atoms with Gasteiger partial charge in [-0.15, -0.1) is 0 Å². The fraction of sp³-hybridized carbons (Fsp3) is 0.462. The van der Waals surface area contributed by atoms with Gasteiger partial charge in [-0.1, -0.05) is 12.1 Å². The van der Waals surface area contributed by atoms with Crippen LogP contribution in [0.4, 0.5) is 11.4 Å². The number of nitro groups is 1. The van der Waals surface area contributed by atoms with Gasteiger partial charge in [-0.25, -0.2) is 0 Å². The second kappa shape index (κ2) is 6.29. The summed E-state index contributed by atoms with van der Waals surface area (Å²) in [7, 11) is 0. The number of nitro benzene ring substituents is 1. The van der Waals surface area contributed by atoms with Crippen LogP contribution in [0.1, 0.15) is 27.2 Å². The number of anilines is 1. The van der Waals surface area contributed by atoms with Crippen molar-refractivity contribution in [2.75, 3.05) is 11.9 Å². The Morgan fingerprint density at radius 2 is 1.95 bits per heavy atom. The largest absolute Gasteiger partial charge is 0.320 e. The Kier molecular flexibility index (Phi) is 5.00. The van der Waals surface area contributed by atoms with E-state index in [2.05, 4.69) is 10.6 Å². The fourth-order valence-corrected chi connectivity index (χ4v) is 1.50. The molecule has 0 bridgehead atoms. The lowest BCUT2D eigenvalue weighted by Crippen LogP contribution is -2.37. The Labute approximate surface area is 112 Å². The van der Waals surface area contributed by atoms with Gasteiger partial charge in [-0.3, -0.25) is 14.9 Å². The zero-order chi connectivity index (χ0) is 14.5. The first-order valence-corrected chi connectivity index (χ1v) is 6.08. The van der Waals surface area contributed by atoms with Gasteiger partial charge in [0, 0.05) is 24.6 Å². The van der Waals surface area contributed by atoms with Gasteiger partial charge in [-0.05, 0) is 26.8 Å². The molecule has 0 aliphatic heterocycles. The molecule has 1 aromatic carbocycles. The maximum Gasteiger partial charge on any atom is 0.292 e. The summed E-state index contributed by atoms with van der Waals surface area (Å²) in [6, 6.07) is 6.10. The molecular weight excluding hydrogens is 246 g/mol. The maximum atomic E-state index is 11.7. The maximum absolute atomic E-state index is 11.7. The van der Waals surface area contributed by atoms with Crippen molar-refractivity contribution < 1.29 is 9.72 Å². The Morgan fingerprint density at radius 1 is 1.32 bits per heavy atom. The van der Waals surface area contributed by atoms with Crippen LogP contribution in [-0.2, 0) is 4.79 Å². The molecular formula is C13H19N3O3. The lowest BCUT2D eigenvalue weighted by atomic mass is 10.1. The number of benzene rings is 1. The number of nitrogens with zero attached hydrogens (tertiary/aromatic N) is 1. The highest BCUT2D eigenvalue weighted by Gasteiger charge is 2.15. The average Bonchev–Trinajstić information content (AvgIpc) is 2.27. The lowest BCUT2D eigenvalue weighted by molar-refractivity contribution is -0.383. The molecule has 1 aromatic rings. The normalized spacial score (nSPS) is 11.1. The molecule has 0 aliphatic carbocycles. The fourth-order valence-electron chi connectivity index (χ4n) is 1.50. The van der Waals surface area contributed by atoms with Crippen molar-refractivity contribution in [3.63, 3.8) is 0 Å². The molecule has 6 nitrogen and oxygen atoms in total. The highest BCUT2D eigenvalue weighted by atomic mass is 16.6. The minimum atomic E-state index is -0.511. The second-order valence-corrected chi connectivity index (χ2v) is 5.25. The van der Waals surface area contributed by atoms with E-state index in [-0.39, 0.29) is 29.2 Å². The first-order valence-electron chi connectivity index (χ1n) is 6.08. The van der Waals surface area contributed by atoms with E-state index in [1.807, 2.05) is 20.8 Å². The van der Waals surface area contributed by atoms with E-state index < -0.39 is 4.92 Å². The van der Waals surface area contributed by atoms with E-state index in [1.165, 1.54) is 12.1 Å². The molecule has 0 spiro atoms. The molecule has 104 valence electrons. The molecule has 0 aromatic heterocycles. The van der Waals surface area contributed by atoms with Crippen LogP contribution in [0.3, 0.4) is 0 Å². The minimum absolute atomic E-state index is 0.0565. The van der Waals surface area contributed by atoms with E-state index in [9.17, 15) is 14.9 Å². The SMILES string of the molecule is CC(C)(C)NCCC(=O)Nc1ccccc1[N+](=O)[O-]. The van der Waals surface area contributed by atoms with Gasteiger partial charge in [0.05, 0.1) is 4.92 Å². The molecule has 0 fully saturated rings. The number of para-hydroxylation sites is 2. The highest BCUT2D eigenvalue weighted by molar-refractivity contribution is 5.93. The summed E-state index contributed by atoms with van der Waals surface area (Å²) < 4.78 is 0. The van der Waals surface area contributed by atoms with Crippen LogP contribution in [0.2, 0.25) is 0 Å². The van der Waals surface area contributed by atoms with E-state index in [4.69, 9.17) is 0 Å². The number of rotatable bonds is 5. The summed E-state index contributed by atoms with van der Waals surface area (Å²) in [4.78, 5) is 22.0. The first kappa shape index (κ1) is 15.1. The summed E-state index contributed by atoms with van der Waals surface area (Å²) in [5.74, 6) is -0.244. The van der Waals surface area contributed by atoms with Gasteiger partial charge in [-0.2, -0.15) is 0 Å². The molecule has 0 saturated heterocycles. The Balaban J connectivity index is 2.56. The molecule has 0 saturated carbocycles. The molecule has 2 N–H and O–H groups in total. The van der Waals surface area contributed by atoms with Gasteiger partial charge in [0.15, 0.2) is 0 Å². The van der Waals surface area contributed by atoms with E-state index in [0.29, 0.717) is 6.54 Å². The summed E-state index contributed by atoms with van der Waals surface area (Å²) in [6.07, 6.45) is 0.267. The van der Waals surface area contributed by atoms with Crippen molar-refractivity contribution in [3.05, 3.63) is 34.4 Å². The van der Waals surface area contributed by atoms with Gasteiger partial charge in [0.25, 0.3) is 5.69 Å². The topological polar surface area (TPSA) is 84.3 Å². The molecule has 0 heterocycles. The number of nitrogens with one attached hydrogen (secondary N) is 2. The predicted octanol–water partition coefficient (Wildman–Crippen LogP) is 2.31. The number of hydrogen-bond donors (Lipinski definition) is 2. The van der Waals surface area contributed by atoms with Crippen molar-refractivity contribution in [1.29, 1.82) is 0 Å². The quantitative estimate of drug-likeness (QED) is 0.632. The third kappa shape index (κ3) is 5.48. The van der Waals surface area contributed by atoms with Crippen LogP contribution in [0, 0.1) is 10.1 Å². The molecule has 1 amide bonds. The Morgan fingerprint density at radius 3 is 2.53 bits per heavy atom. The third-order valence-corrected chi connectivity index (χ3v) is 2.38. The van der Waals surface area contributed by atoms with Crippen LogP contribution in [0.15, 0.2) is 24.3 Å². The lowest BCUT2D eigenvalue weighted by Gasteiger charge is -2.20. The van der Waals surface area contributed by atoms with E-state index >= 15 is 0 Å². The molecule has 0 unspecified atom stereocenters. The van der Waals surface area contributed by atoms with Crippen molar-refractivity contribution in [2.24, 2.45) is 0 Å². The van der Waals surface area contributed by atoms with Gasteiger partial charge >= 0.3 is 0 Å². The molecule has 0 atom stereocenters. The van der Waals surface area contributed by atoms with E-state index in [0.717, 1.165) is 0 Å². The van der Waals surface area contributed by atoms with E-state index in [1.54, 1.807) is 12.1 Å². The van der Waals surface area contributed by atoms with Crippen molar-refractivity contribution >= 4 is 17.3 Å². The summed E-state index contributed by atoms with van der Waals surface area (Å²) in [5, 5.41) is 16.5. The van der Waals surface area contributed by atoms with Crippen LogP contribution < -0.4 is 10.6 Å². The zero-order valence-corrected chi connectivity index (χ0v) is 11.4. The number of carbonyl (C=O) groups is 1. The van der Waals surface area contributed by atoms with Crippen LogP contribution >= 0.6 is 0 Å². The third-order valence-electron chi connectivity index (χ3n) is 2.38. The van der Waals surface area contributed by atoms with Crippen molar-refractivity contribution in [2.45, 2.75) is 32.7 Å². The van der Waals surface area contributed by atoms with Gasteiger partial charge in [0.1, 0.15) is 5.69 Å². The average molecular weight is 265 g/mol. The van der Waals surface area contributed by atoms with Crippen LogP contribution in [0.5, 0.6) is 0 Å². The summed E-state index contributed by atoms with van der Waals surface area (Å²) in [6.45, 7) is 6.54. The Hall–Kier alpha value is -1.95. The number of amides is 1. The summed E-state index contributed by atoms with van der Waals surface area (Å²) >= 11 is 0. The monoisotopic (exact) mass is 265 g/mol. The smallest absolute Gasteiger partial charge is 0.292 e. The molecule has 19 heavy (non-hydrogen) atoms. The van der Waals surface area contributed by atoms with Gasteiger partial charge < -0.3 is 10.6 Å². The van der Waals surface area contributed by atoms with Crippen LogP contribution in [0.25, 0.3) is 0 Å². The first-order chi connectivity index (χ1) is 8.79. The predicted molar refractivity (Wildman–Crippen MR) is 74.1 cm³/mol. The number of carbonyl (C=O) groups excluding carboxylic acids is 1. The number of hydrogen-bond acceptors (Lipinski definition) is 4. The molecule has 0 radical (unpaired) electrons. The zero-order valence-electron chi connectivity index (χ0n) is 11.4. The minimum Gasteiger partial charge on any atom is -0.320 e.